The van der Waals surface area contributed by atoms with E-state index in [1.54, 1.807) is 0 Å². The summed E-state index contributed by atoms with van der Waals surface area (Å²) in [6.45, 7) is 10.0. The molecule has 0 saturated carbocycles. The van der Waals surface area contributed by atoms with E-state index in [2.05, 4.69) is 44.2 Å². The Morgan fingerprint density at radius 3 is 2.65 bits per heavy atom. The molecule has 3 nitrogen and oxygen atoms in total. The van der Waals surface area contributed by atoms with Crippen LogP contribution in [0.5, 0.6) is 0 Å². The van der Waals surface area contributed by atoms with Crippen LogP contribution in [0.25, 0.3) is 0 Å². The molecule has 0 spiro atoms. The lowest BCUT2D eigenvalue weighted by Crippen LogP contribution is -2.26. The van der Waals surface area contributed by atoms with Gasteiger partial charge in [0, 0.05) is 23.7 Å². The number of hydrogen-bond donors (Lipinski definition) is 1. The Labute approximate surface area is 109 Å². The summed E-state index contributed by atoms with van der Waals surface area (Å²) >= 11 is 1.98. The molecule has 1 rings (SSSR count). The second-order valence-corrected chi connectivity index (χ2v) is 7.19. The zero-order valence-corrected chi connectivity index (χ0v) is 12.5. The summed E-state index contributed by atoms with van der Waals surface area (Å²) in [6, 6.07) is 2.47. The summed E-state index contributed by atoms with van der Waals surface area (Å²) in [6.07, 6.45) is 3.17. The van der Waals surface area contributed by atoms with Crippen molar-refractivity contribution in [3.05, 3.63) is 18.0 Å². The smallest absolute Gasteiger partial charge is 0.0802 e. The number of thioether (sulfide) groups is 1. The number of aryl methyl sites for hydroxylation is 1. The topological polar surface area (TPSA) is 29.9 Å². The Morgan fingerprint density at radius 2 is 2.18 bits per heavy atom. The standard InChI is InChI=1S/C13H25N3S/c1-6-8-14-12(10-17-13(2,3)4)11-7-9-16(5)15-11/h7,9,12,14H,6,8,10H2,1-5H3. The van der Waals surface area contributed by atoms with Gasteiger partial charge in [0.1, 0.15) is 0 Å². The van der Waals surface area contributed by atoms with Crippen LogP contribution in [-0.2, 0) is 7.05 Å². The average molecular weight is 255 g/mol. The first-order valence-corrected chi connectivity index (χ1v) is 7.28. The number of nitrogens with zero attached hydrogens (tertiary/aromatic N) is 2. The molecule has 0 saturated heterocycles. The molecule has 0 amide bonds. The van der Waals surface area contributed by atoms with E-state index in [0.29, 0.717) is 10.8 Å². The summed E-state index contributed by atoms with van der Waals surface area (Å²) in [5.41, 5.74) is 1.15. The predicted molar refractivity (Wildman–Crippen MR) is 76.5 cm³/mol. The summed E-state index contributed by atoms with van der Waals surface area (Å²) in [5.74, 6) is 1.07. The highest BCUT2D eigenvalue weighted by atomic mass is 32.2. The third kappa shape index (κ3) is 5.59. The molecule has 0 fully saturated rings. The second-order valence-electron chi connectivity index (χ2n) is 5.34. The van der Waals surface area contributed by atoms with Gasteiger partial charge in [0.2, 0.25) is 0 Å². The van der Waals surface area contributed by atoms with E-state index in [9.17, 15) is 0 Å². The summed E-state index contributed by atoms with van der Waals surface area (Å²) in [5, 5.41) is 8.08. The van der Waals surface area contributed by atoms with E-state index >= 15 is 0 Å². The first-order valence-electron chi connectivity index (χ1n) is 6.29. The molecule has 0 aliphatic rings. The third-order valence-corrected chi connectivity index (χ3v) is 3.78. The zero-order valence-electron chi connectivity index (χ0n) is 11.7. The predicted octanol–water partition coefficient (Wildman–Crippen LogP) is 2.99. The molecule has 1 N–H and O–H groups in total. The number of rotatable bonds is 6. The Balaban J connectivity index is 2.60. The van der Waals surface area contributed by atoms with Crippen molar-refractivity contribution in [2.75, 3.05) is 12.3 Å². The van der Waals surface area contributed by atoms with Gasteiger partial charge in [-0.3, -0.25) is 4.68 Å². The maximum atomic E-state index is 4.51. The van der Waals surface area contributed by atoms with Gasteiger partial charge in [0.05, 0.1) is 11.7 Å². The third-order valence-electron chi connectivity index (χ3n) is 2.42. The average Bonchev–Trinajstić information content (AvgIpc) is 2.63. The van der Waals surface area contributed by atoms with Crippen molar-refractivity contribution in [1.29, 1.82) is 0 Å². The molecule has 4 heteroatoms. The van der Waals surface area contributed by atoms with Crippen LogP contribution in [-0.4, -0.2) is 26.8 Å². The first-order chi connectivity index (χ1) is 7.92. The van der Waals surface area contributed by atoms with Gasteiger partial charge < -0.3 is 5.32 Å². The molecule has 1 aromatic heterocycles. The van der Waals surface area contributed by atoms with Gasteiger partial charge in [-0.1, -0.05) is 27.7 Å². The largest absolute Gasteiger partial charge is 0.308 e. The van der Waals surface area contributed by atoms with Gasteiger partial charge in [-0.05, 0) is 19.0 Å². The van der Waals surface area contributed by atoms with Gasteiger partial charge in [-0.2, -0.15) is 16.9 Å². The minimum absolute atomic E-state index is 0.306. The molecule has 1 unspecified atom stereocenters. The maximum Gasteiger partial charge on any atom is 0.0802 e. The van der Waals surface area contributed by atoms with E-state index < -0.39 is 0 Å². The van der Waals surface area contributed by atoms with E-state index in [1.807, 2.05) is 29.7 Å². The lowest BCUT2D eigenvalue weighted by Gasteiger charge is -2.22. The first kappa shape index (κ1) is 14.6. The van der Waals surface area contributed by atoms with Gasteiger partial charge in [0.25, 0.3) is 0 Å². The molecule has 17 heavy (non-hydrogen) atoms. The van der Waals surface area contributed by atoms with Crippen LogP contribution in [0.4, 0.5) is 0 Å². The van der Waals surface area contributed by atoms with E-state index in [4.69, 9.17) is 0 Å². The lowest BCUT2D eigenvalue weighted by molar-refractivity contribution is 0.554. The van der Waals surface area contributed by atoms with Crippen LogP contribution in [0.3, 0.4) is 0 Å². The highest BCUT2D eigenvalue weighted by Gasteiger charge is 2.18. The zero-order chi connectivity index (χ0) is 12.9. The lowest BCUT2D eigenvalue weighted by atomic mass is 10.2. The molecule has 98 valence electrons. The normalized spacial score (nSPS) is 13.9. The van der Waals surface area contributed by atoms with Crippen molar-refractivity contribution in [1.82, 2.24) is 15.1 Å². The molecule has 1 atom stereocenters. The van der Waals surface area contributed by atoms with E-state index in [0.717, 1.165) is 24.4 Å². The van der Waals surface area contributed by atoms with E-state index in [-0.39, 0.29) is 0 Å². The number of nitrogens with one attached hydrogen (secondary N) is 1. The van der Waals surface area contributed by atoms with Crippen molar-refractivity contribution in [3.8, 4) is 0 Å². The Kier molecular flexibility index (Phi) is 5.53. The highest BCUT2D eigenvalue weighted by molar-refractivity contribution is 8.00. The Hall–Kier alpha value is -0.480. The fraction of sp³-hybridized carbons (Fsp3) is 0.769. The van der Waals surface area contributed by atoms with Crippen molar-refractivity contribution in [3.63, 3.8) is 0 Å². The molecule has 1 aromatic rings. The molecule has 0 aliphatic heterocycles. The summed E-state index contributed by atoms with van der Waals surface area (Å²) in [4.78, 5) is 0. The van der Waals surface area contributed by atoms with Crippen molar-refractivity contribution < 1.29 is 0 Å². The van der Waals surface area contributed by atoms with Crippen LogP contribution in [0.15, 0.2) is 12.3 Å². The van der Waals surface area contributed by atoms with Crippen molar-refractivity contribution in [2.45, 2.75) is 44.9 Å². The minimum atomic E-state index is 0.306. The Morgan fingerprint density at radius 1 is 1.47 bits per heavy atom. The molecular formula is C13H25N3S. The van der Waals surface area contributed by atoms with Crippen LogP contribution in [0, 0.1) is 0 Å². The SMILES string of the molecule is CCCNC(CSC(C)(C)C)c1ccn(C)n1. The van der Waals surface area contributed by atoms with Crippen LogP contribution in [0.1, 0.15) is 45.9 Å². The van der Waals surface area contributed by atoms with Gasteiger partial charge in [-0.15, -0.1) is 0 Å². The fourth-order valence-corrected chi connectivity index (χ4v) is 2.47. The number of hydrogen-bond acceptors (Lipinski definition) is 3. The van der Waals surface area contributed by atoms with E-state index in [1.165, 1.54) is 0 Å². The quantitative estimate of drug-likeness (QED) is 0.847. The highest BCUT2D eigenvalue weighted by Crippen LogP contribution is 2.27. The van der Waals surface area contributed by atoms with Crippen molar-refractivity contribution >= 4 is 11.8 Å². The Bertz CT molecular complexity index is 328. The summed E-state index contributed by atoms with van der Waals surface area (Å²) in [7, 11) is 1.97. The molecule has 1 heterocycles. The van der Waals surface area contributed by atoms with Crippen molar-refractivity contribution in [2.24, 2.45) is 7.05 Å². The molecule has 0 bridgehead atoms. The monoisotopic (exact) mass is 255 g/mol. The second kappa shape index (κ2) is 6.45. The van der Waals surface area contributed by atoms with Gasteiger partial charge in [0.15, 0.2) is 0 Å². The van der Waals surface area contributed by atoms with Crippen LogP contribution < -0.4 is 5.32 Å². The fourth-order valence-electron chi connectivity index (χ4n) is 1.52. The summed E-state index contributed by atoms with van der Waals surface area (Å²) < 4.78 is 2.18. The van der Waals surface area contributed by atoms with Crippen LogP contribution in [0.2, 0.25) is 0 Å². The maximum absolute atomic E-state index is 4.51. The molecule has 0 aromatic carbocycles. The van der Waals surface area contributed by atoms with Gasteiger partial charge >= 0.3 is 0 Å². The van der Waals surface area contributed by atoms with Gasteiger partial charge in [-0.25, -0.2) is 0 Å². The molecule has 0 aliphatic carbocycles. The molecular weight excluding hydrogens is 230 g/mol. The minimum Gasteiger partial charge on any atom is -0.308 e. The van der Waals surface area contributed by atoms with Crippen LogP contribution >= 0.6 is 11.8 Å². The number of aromatic nitrogens is 2. The molecule has 0 radical (unpaired) electrons.